The number of para-hydroxylation sites is 2. The predicted octanol–water partition coefficient (Wildman–Crippen LogP) is 8.55. The Kier molecular flexibility index (Phi) is 3.58. The van der Waals surface area contributed by atoms with Crippen LogP contribution in [-0.4, -0.2) is 4.98 Å². The van der Waals surface area contributed by atoms with Crippen molar-refractivity contribution in [1.29, 1.82) is 0 Å². The van der Waals surface area contributed by atoms with Crippen molar-refractivity contribution >= 4 is 43.7 Å². The molecule has 0 aliphatic heterocycles. The van der Waals surface area contributed by atoms with E-state index in [2.05, 4.69) is 102 Å². The van der Waals surface area contributed by atoms with E-state index in [1.54, 1.807) is 0 Å². The van der Waals surface area contributed by atoms with Gasteiger partial charge in [-0.05, 0) is 47.0 Å². The molecule has 2 aromatic heterocycles. The maximum Gasteiger partial charge on any atom is 0.143 e. The first-order valence-electron chi connectivity index (χ1n) is 10.9. The van der Waals surface area contributed by atoms with Crippen molar-refractivity contribution in [2.24, 2.45) is 0 Å². The summed E-state index contributed by atoms with van der Waals surface area (Å²) in [7, 11) is 0. The van der Waals surface area contributed by atoms with Gasteiger partial charge in [0.05, 0.1) is 0 Å². The molecule has 0 bridgehead atoms. The average Bonchev–Trinajstić information content (AvgIpc) is 3.42. The number of aromatic nitrogens is 1. The second-order valence-electron chi connectivity index (χ2n) is 8.29. The molecule has 1 N–H and O–H groups in total. The Morgan fingerprint density at radius 1 is 0.469 bits per heavy atom. The van der Waals surface area contributed by atoms with Crippen LogP contribution in [-0.2, 0) is 0 Å². The summed E-state index contributed by atoms with van der Waals surface area (Å²) in [6.07, 6.45) is 0. The van der Waals surface area contributed by atoms with E-state index in [4.69, 9.17) is 4.42 Å². The molecule has 0 saturated carbocycles. The van der Waals surface area contributed by atoms with Crippen molar-refractivity contribution in [3.8, 4) is 22.3 Å². The Morgan fingerprint density at radius 2 is 1.16 bits per heavy atom. The van der Waals surface area contributed by atoms with Crippen LogP contribution in [0.15, 0.2) is 114 Å². The fourth-order valence-electron chi connectivity index (χ4n) is 4.85. The first-order valence-corrected chi connectivity index (χ1v) is 10.9. The van der Waals surface area contributed by atoms with Crippen LogP contribution in [0.2, 0.25) is 0 Å². The minimum absolute atomic E-state index is 0.927. The second kappa shape index (κ2) is 6.60. The van der Waals surface area contributed by atoms with E-state index < -0.39 is 0 Å². The SMILES string of the molecule is c1ccc(-c2ccc3[nH]c4ccc(-c5cccc6c5oc5ccccc56)cc4c3c2)cc1. The Balaban J connectivity index is 1.47. The van der Waals surface area contributed by atoms with Gasteiger partial charge in [-0.2, -0.15) is 0 Å². The first-order chi connectivity index (χ1) is 15.8. The molecule has 0 fully saturated rings. The minimum atomic E-state index is 0.927. The van der Waals surface area contributed by atoms with Gasteiger partial charge in [0.25, 0.3) is 0 Å². The monoisotopic (exact) mass is 409 g/mol. The van der Waals surface area contributed by atoms with Crippen molar-refractivity contribution in [3.63, 3.8) is 0 Å². The van der Waals surface area contributed by atoms with E-state index in [1.807, 2.05) is 12.1 Å². The molecule has 0 radical (unpaired) electrons. The molecule has 0 aliphatic carbocycles. The van der Waals surface area contributed by atoms with Gasteiger partial charge >= 0.3 is 0 Å². The predicted molar refractivity (Wildman–Crippen MR) is 134 cm³/mol. The Hall–Kier alpha value is -4.30. The van der Waals surface area contributed by atoms with E-state index in [0.29, 0.717) is 0 Å². The number of H-pyrrole nitrogens is 1. The number of rotatable bonds is 2. The maximum atomic E-state index is 6.29. The quantitative estimate of drug-likeness (QED) is 0.304. The van der Waals surface area contributed by atoms with Crippen LogP contribution >= 0.6 is 0 Å². The fourth-order valence-corrected chi connectivity index (χ4v) is 4.85. The van der Waals surface area contributed by atoms with Crippen LogP contribution in [0.1, 0.15) is 0 Å². The molecule has 5 aromatic carbocycles. The van der Waals surface area contributed by atoms with Crippen molar-refractivity contribution in [2.75, 3.05) is 0 Å². The van der Waals surface area contributed by atoms with Crippen LogP contribution in [0, 0.1) is 0 Å². The molecular weight excluding hydrogens is 390 g/mol. The van der Waals surface area contributed by atoms with E-state index in [1.165, 1.54) is 21.9 Å². The summed E-state index contributed by atoms with van der Waals surface area (Å²) in [6.45, 7) is 0. The lowest BCUT2D eigenvalue weighted by Gasteiger charge is -2.04. The van der Waals surface area contributed by atoms with Crippen LogP contribution in [0.25, 0.3) is 66.0 Å². The summed E-state index contributed by atoms with van der Waals surface area (Å²) in [5.74, 6) is 0. The average molecular weight is 409 g/mol. The summed E-state index contributed by atoms with van der Waals surface area (Å²) in [6, 6.07) is 38.5. The normalized spacial score (nSPS) is 11.8. The third kappa shape index (κ3) is 2.53. The zero-order chi connectivity index (χ0) is 21.1. The lowest BCUT2D eigenvalue weighted by atomic mass is 9.99. The number of hydrogen-bond acceptors (Lipinski definition) is 1. The summed E-state index contributed by atoms with van der Waals surface area (Å²) < 4.78 is 6.29. The Morgan fingerprint density at radius 3 is 2.00 bits per heavy atom. The zero-order valence-corrected chi connectivity index (χ0v) is 17.3. The van der Waals surface area contributed by atoms with Gasteiger partial charge < -0.3 is 9.40 Å². The molecule has 2 heteroatoms. The van der Waals surface area contributed by atoms with Crippen LogP contribution in [0.3, 0.4) is 0 Å². The van der Waals surface area contributed by atoms with Crippen molar-refractivity contribution in [3.05, 3.63) is 109 Å². The maximum absolute atomic E-state index is 6.29. The van der Waals surface area contributed by atoms with Gasteiger partial charge in [-0.15, -0.1) is 0 Å². The van der Waals surface area contributed by atoms with Crippen LogP contribution in [0.5, 0.6) is 0 Å². The number of aromatic amines is 1. The van der Waals surface area contributed by atoms with Gasteiger partial charge in [0, 0.05) is 38.1 Å². The summed E-state index contributed by atoms with van der Waals surface area (Å²) in [4.78, 5) is 3.57. The molecule has 32 heavy (non-hydrogen) atoms. The van der Waals surface area contributed by atoms with Gasteiger partial charge in [0.1, 0.15) is 11.2 Å². The van der Waals surface area contributed by atoms with E-state index in [9.17, 15) is 0 Å². The highest BCUT2D eigenvalue weighted by molar-refractivity contribution is 6.12. The van der Waals surface area contributed by atoms with Crippen molar-refractivity contribution in [1.82, 2.24) is 4.98 Å². The lowest BCUT2D eigenvalue weighted by Crippen LogP contribution is -1.80. The number of furan rings is 1. The lowest BCUT2D eigenvalue weighted by molar-refractivity contribution is 0.670. The van der Waals surface area contributed by atoms with Gasteiger partial charge in [-0.25, -0.2) is 0 Å². The molecule has 2 heterocycles. The van der Waals surface area contributed by atoms with Gasteiger partial charge in [-0.1, -0.05) is 78.9 Å². The van der Waals surface area contributed by atoms with Gasteiger partial charge in [0.15, 0.2) is 0 Å². The van der Waals surface area contributed by atoms with Crippen molar-refractivity contribution < 1.29 is 4.42 Å². The number of benzene rings is 5. The largest absolute Gasteiger partial charge is 0.455 e. The van der Waals surface area contributed by atoms with E-state index >= 15 is 0 Å². The summed E-state index contributed by atoms with van der Waals surface area (Å²) in [5, 5.41) is 4.77. The third-order valence-corrected chi connectivity index (χ3v) is 6.42. The fraction of sp³-hybridized carbons (Fsp3) is 0. The number of nitrogens with one attached hydrogen (secondary N) is 1. The summed E-state index contributed by atoms with van der Waals surface area (Å²) in [5.41, 5.74) is 8.90. The number of fused-ring (bicyclic) bond motifs is 6. The molecule has 150 valence electrons. The number of hydrogen-bond donors (Lipinski definition) is 1. The minimum Gasteiger partial charge on any atom is -0.455 e. The highest BCUT2D eigenvalue weighted by atomic mass is 16.3. The highest BCUT2D eigenvalue weighted by Gasteiger charge is 2.13. The molecule has 0 unspecified atom stereocenters. The highest BCUT2D eigenvalue weighted by Crippen LogP contribution is 2.38. The Bertz CT molecular complexity index is 1770. The topological polar surface area (TPSA) is 28.9 Å². The Labute approximate surface area is 184 Å². The smallest absolute Gasteiger partial charge is 0.143 e. The molecule has 0 saturated heterocycles. The molecule has 2 nitrogen and oxygen atoms in total. The standard InChI is InChI=1S/C30H19NO/c1-2-7-19(8-3-1)20-13-15-27-25(17-20)26-18-21(14-16-28(26)31-27)22-10-6-11-24-23-9-4-5-12-29(23)32-30(22)24/h1-18,31H. The summed E-state index contributed by atoms with van der Waals surface area (Å²) >= 11 is 0. The molecule has 0 atom stereocenters. The van der Waals surface area contributed by atoms with Gasteiger partial charge in [0.2, 0.25) is 0 Å². The third-order valence-electron chi connectivity index (χ3n) is 6.42. The second-order valence-corrected chi connectivity index (χ2v) is 8.29. The molecule has 0 spiro atoms. The molecule has 7 aromatic rings. The van der Waals surface area contributed by atoms with Crippen LogP contribution in [0.4, 0.5) is 0 Å². The van der Waals surface area contributed by atoms with Crippen LogP contribution < -0.4 is 0 Å². The van der Waals surface area contributed by atoms with E-state index in [0.717, 1.165) is 44.1 Å². The van der Waals surface area contributed by atoms with E-state index in [-0.39, 0.29) is 0 Å². The molecule has 0 amide bonds. The first kappa shape index (κ1) is 17.4. The van der Waals surface area contributed by atoms with Gasteiger partial charge in [-0.3, -0.25) is 0 Å². The molecule has 7 rings (SSSR count). The van der Waals surface area contributed by atoms with Crippen molar-refractivity contribution in [2.45, 2.75) is 0 Å². The zero-order valence-electron chi connectivity index (χ0n) is 17.3. The molecule has 0 aliphatic rings. The molecular formula is C30H19NO.